The van der Waals surface area contributed by atoms with Crippen molar-refractivity contribution in [2.24, 2.45) is 11.8 Å². The predicted molar refractivity (Wildman–Crippen MR) is 72.3 cm³/mol. The molecule has 0 bridgehead atoms. The number of esters is 2. The molecule has 3 rings (SSSR count). The molecule has 2 atom stereocenters. The number of ether oxygens (including phenoxy) is 2. The van der Waals surface area contributed by atoms with Crippen molar-refractivity contribution in [3.8, 4) is 0 Å². The summed E-state index contributed by atoms with van der Waals surface area (Å²) in [6.45, 7) is 0. The van der Waals surface area contributed by atoms with Crippen LogP contribution < -0.4 is 0 Å². The Morgan fingerprint density at radius 2 is 1.20 bits per heavy atom. The fourth-order valence-corrected chi connectivity index (χ4v) is 3.00. The van der Waals surface area contributed by atoms with Crippen molar-refractivity contribution in [2.45, 2.75) is 51.4 Å². The van der Waals surface area contributed by atoms with E-state index >= 15 is 0 Å². The summed E-state index contributed by atoms with van der Waals surface area (Å²) in [5.74, 6) is 1.59. The number of carbonyl (C=O) groups is 2. The molecule has 1 aliphatic carbocycles. The first-order valence-electron chi connectivity index (χ1n) is 7.59. The van der Waals surface area contributed by atoms with E-state index in [0.29, 0.717) is 0 Å². The molecule has 0 aromatic rings. The molecule has 0 amide bonds. The Bertz CT molecular complexity index is 431. The Labute approximate surface area is 118 Å². The van der Waals surface area contributed by atoms with Crippen molar-refractivity contribution in [1.82, 2.24) is 0 Å². The Morgan fingerprint density at radius 1 is 0.750 bits per heavy atom. The Morgan fingerprint density at radius 3 is 1.60 bits per heavy atom. The maximum Gasteiger partial charge on any atom is 0.321 e. The highest BCUT2D eigenvalue weighted by molar-refractivity contribution is 5.83. The van der Waals surface area contributed by atoms with Crippen LogP contribution in [0.3, 0.4) is 0 Å². The Hall–Kier alpha value is -1.58. The van der Waals surface area contributed by atoms with Gasteiger partial charge < -0.3 is 9.47 Å². The van der Waals surface area contributed by atoms with E-state index in [1.165, 1.54) is 0 Å². The van der Waals surface area contributed by atoms with Crippen LogP contribution in [0.15, 0.2) is 23.7 Å². The van der Waals surface area contributed by atoms with Gasteiger partial charge in [-0.2, -0.15) is 0 Å². The number of hydrogen-bond acceptors (Lipinski definition) is 4. The second-order valence-electron chi connectivity index (χ2n) is 5.73. The highest BCUT2D eigenvalue weighted by atomic mass is 16.6. The van der Waals surface area contributed by atoms with Gasteiger partial charge in [0.05, 0.1) is 0 Å². The zero-order valence-electron chi connectivity index (χ0n) is 11.6. The molecule has 0 saturated carbocycles. The van der Waals surface area contributed by atoms with E-state index < -0.39 is 0 Å². The molecule has 0 aromatic heterocycles. The molecule has 0 N–H and O–H groups in total. The topological polar surface area (TPSA) is 52.6 Å². The first-order valence-corrected chi connectivity index (χ1v) is 7.59. The number of fused-ring (bicyclic) bond motifs is 2. The Balaban J connectivity index is 1.60. The Kier molecular flexibility index (Phi) is 3.90. The van der Waals surface area contributed by atoms with Crippen molar-refractivity contribution in [1.29, 1.82) is 0 Å². The normalized spacial score (nSPS) is 36.2. The van der Waals surface area contributed by atoms with Gasteiger partial charge in [-0.3, -0.25) is 9.59 Å². The standard InChI is InChI=1S/C16H20O4/c17-15-11-7-3-1-5-9-13-12(16(18)19-13)8-4-2-6-10-14(11)20-15/h9-12H,1-8H2/b13-9-,14-10-. The van der Waals surface area contributed by atoms with E-state index in [0.717, 1.165) is 62.9 Å². The summed E-state index contributed by atoms with van der Waals surface area (Å²) < 4.78 is 10.2. The summed E-state index contributed by atoms with van der Waals surface area (Å²) in [4.78, 5) is 22.8. The summed E-state index contributed by atoms with van der Waals surface area (Å²) in [5.41, 5.74) is 0. The molecule has 0 radical (unpaired) electrons. The van der Waals surface area contributed by atoms with Gasteiger partial charge in [-0.25, -0.2) is 0 Å². The van der Waals surface area contributed by atoms with E-state index in [2.05, 4.69) is 0 Å². The first kappa shape index (κ1) is 13.4. The van der Waals surface area contributed by atoms with Crippen LogP contribution in [-0.4, -0.2) is 11.9 Å². The van der Waals surface area contributed by atoms with E-state index in [-0.39, 0.29) is 23.8 Å². The van der Waals surface area contributed by atoms with Crippen LogP contribution in [0.1, 0.15) is 51.4 Å². The molecule has 4 heteroatoms. The van der Waals surface area contributed by atoms with E-state index in [1.807, 2.05) is 12.2 Å². The van der Waals surface area contributed by atoms with E-state index in [4.69, 9.17) is 9.47 Å². The monoisotopic (exact) mass is 276 g/mol. The summed E-state index contributed by atoms with van der Waals surface area (Å²) in [7, 11) is 0. The van der Waals surface area contributed by atoms with Gasteiger partial charge >= 0.3 is 11.9 Å². The van der Waals surface area contributed by atoms with Gasteiger partial charge in [-0.1, -0.05) is 12.8 Å². The SMILES string of the molecule is O=C1O/C2=C\CCCCC3C(=O)O/C3=C\CCCCC12. The average molecular weight is 276 g/mol. The molecule has 2 saturated heterocycles. The lowest BCUT2D eigenvalue weighted by Crippen LogP contribution is -2.33. The van der Waals surface area contributed by atoms with Gasteiger partial charge in [0.25, 0.3) is 0 Å². The van der Waals surface area contributed by atoms with Crippen LogP contribution in [0.5, 0.6) is 0 Å². The maximum atomic E-state index is 11.4. The van der Waals surface area contributed by atoms with Crippen molar-refractivity contribution in [3.05, 3.63) is 23.7 Å². The molecule has 0 aromatic carbocycles. The lowest BCUT2D eigenvalue weighted by atomic mass is 9.91. The summed E-state index contributed by atoms with van der Waals surface area (Å²) in [5, 5.41) is 0. The molecule has 108 valence electrons. The van der Waals surface area contributed by atoms with Crippen molar-refractivity contribution in [3.63, 3.8) is 0 Å². The molecular weight excluding hydrogens is 256 g/mol. The molecule has 2 fully saturated rings. The molecule has 2 aliphatic heterocycles. The fourth-order valence-electron chi connectivity index (χ4n) is 3.00. The van der Waals surface area contributed by atoms with Gasteiger partial charge in [0.15, 0.2) is 0 Å². The second kappa shape index (κ2) is 5.81. The molecule has 2 unspecified atom stereocenters. The summed E-state index contributed by atoms with van der Waals surface area (Å²) in [6, 6.07) is 0. The van der Waals surface area contributed by atoms with Gasteiger partial charge in [-0.15, -0.1) is 0 Å². The maximum absolute atomic E-state index is 11.4. The number of allylic oxidation sites excluding steroid dienone is 2. The van der Waals surface area contributed by atoms with Crippen molar-refractivity contribution >= 4 is 11.9 Å². The molecule has 4 nitrogen and oxygen atoms in total. The molecule has 2 heterocycles. The number of carbonyl (C=O) groups excluding carboxylic acids is 2. The van der Waals surface area contributed by atoms with Crippen molar-refractivity contribution in [2.75, 3.05) is 0 Å². The van der Waals surface area contributed by atoms with Crippen molar-refractivity contribution < 1.29 is 19.1 Å². The second-order valence-corrected chi connectivity index (χ2v) is 5.73. The van der Waals surface area contributed by atoms with Gasteiger partial charge in [0.2, 0.25) is 0 Å². The number of rotatable bonds is 0. The van der Waals surface area contributed by atoms with E-state index in [9.17, 15) is 9.59 Å². The largest absolute Gasteiger partial charge is 0.430 e. The van der Waals surface area contributed by atoms with Crippen LogP contribution >= 0.6 is 0 Å². The lowest BCUT2D eigenvalue weighted by Gasteiger charge is -2.29. The third-order valence-electron chi connectivity index (χ3n) is 4.28. The third kappa shape index (κ3) is 2.65. The van der Waals surface area contributed by atoms with Crippen LogP contribution in [-0.2, 0) is 19.1 Å². The quantitative estimate of drug-likeness (QED) is 0.637. The minimum atomic E-state index is -0.0744. The van der Waals surface area contributed by atoms with Gasteiger partial charge in [-0.05, 0) is 50.7 Å². The lowest BCUT2D eigenvalue weighted by molar-refractivity contribution is -0.158. The highest BCUT2D eigenvalue weighted by Gasteiger charge is 2.37. The summed E-state index contributed by atoms with van der Waals surface area (Å²) in [6.07, 6.45) is 11.7. The van der Waals surface area contributed by atoms with Gasteiger partial charge in [0, 0.05) is 0 Å². The van der Waals surface area contributed by atoms with Crippen LogP contribution in [0.25, 0.3) is 0 Å². The molecule has 20 heavy (non-hydrogen) atoms. The first-order chi connectivity index (χ1) is 9.75. The zero-order valence-corrected chi connectivity index (χ0v) is 11.6. The van der Waals surface area contributed by atoms with E-state index in [1.54, 1.807) is 0 Å². The van der Waals surface area contributed by atoms with Crippen LogP contribution in [0.4, 0.5) is 0 Å². The van der Waals surface area contributed by atoms with Gasteiger partial charge in [0.1, 0.15) is 23.4 Å². The zero-order chi connectivity index (χ0) is 13.9. The smallest absolute Gasteiger partial charge is 0.321 e. The molecule has 3 aliphatic rings. The summed E-state index contributed by atoms with van der Waals surface area (Å²) >= 11 is 0. The molecular formula is C16H20O4. The minimum absolute atomic E-state index is 0.000118. The van der Waals surface area contributed by atoms with Crippen LogP contribution in [0.2, 0.25) is 0 Å². The van der Waals surface area contributed by atoms with Crippen LogP contribution in [0, 0.1) is 11.8 Å². The molecule has 0 spiro atoms. The highest BCUT2D eigenvalue weighted by Crippen LogP contribution is 2.34. The third-order valence-corrected chi connectivity index (χ3v) is 4.28. The fraction of sp³-hybridized carbons (Fsp3) is 0.625. The predicted octanol–water partition coefficient (Wildman–Crippen LogP) is 3.23. The average Bonchev–Trinajstić information content (AvgIpc) is 2.42. The number of hydrogen-bond donors (Lipinski definition) is 0. The minimum Gasteiger partial charge on any atom is -0.430 e.